The molecule has 1 amide bonds. The fourth-order valence-corrected chi connectivity index (χ4v) is 3.02. The van der Waals surface area contributed by atoms with Crippen LogP contribution in [0.3, 0.4) is 0 Å². The van der Waals surface area contributed by atoms with Crippen molar-refractivity contribution in [1.82, 2.24) is 4.98 Å². The average Bonchev–Trinajstić information content (AvgIpc) is 2.82. The van der Waals surface area contributed by atoms with E-state index in [2.05, 4.69) is 10.3 Å². The lowest BCUT2D eigenvalue weighted by molar-refractivity contribution is 0.0997. The number of benzene rings is 1. The van der Waals surface area contributed by atoms with E-state index >= 15 is 0 Å². The van der Waals surface area contributed by atoms with Gasteiger partial charge in [-0.3, -0.25) is 9.78 Å². The maximum absolute atomic E-state index is 12.6. The molecule has 23 heavy (non-hydrogen) atoms. The Morgan fingerprint density at radius 3 is 2.61 bits per heavy atom. The average molecular weight is 329 g/mol. The van der Waals surface area contributed by atoms with Crippen LogP contribution in [0.15, 0.2) is 28.7 Å². The number of hydrogen-bond donors (Lipinski definition) is 1. The SMILES string of the molecule is Cc1cc(C)c(NC(=O)c2oc3c(Cl)cccc3c2C)c(C)n1. The second-order valence-electron chi connectivity index (χ2n) is 5.67. The van der Waals surface area contributed by atoms with Crippen molar-refractivity contribution in [3.8, 4) is 0 Å². The Bertz CT molecular complexity index is 905. The predicted molar refractivity (Wildman–Crippen MR) is 92.4 cm³/mol. The minimum atomic E-state index is -0.299. The zero-order chi connectivity index (χ0) is 16.7. The number of furan rings is 1. The Labute approximate surface area is 139 Å². The van der Waals surface area contributed by atoms with Gasteiger partial charge in [0.2, 0.25) is 0 Å². The number of anilines is 1. The molecule has 3 aromatic rings. The van der Waals surface area contributed by atoms with Crippen LogP contribution in [-0.4, -0.2) is 10.9 Å². The minimum Gasteiger partial charge on any atom is -0.449 e. The number of nitrogens with one attached hydrogen (secondary N) is 1. The molecule has 118 valence electrons. The minimum absolute atomic E-state index is 0.271. The first-order valence-corrected chi connectivity index (χ1v) is 7.70. The van der Waals surface area contributed by atoms with E-state index < -0.39 is 0 Å². The number of aromatic nitrogens is 1. The highest BCUT2D eigenvalue weighted by molar-refractivity contribution is 6.35. The van der Waals surface area contributed by atoms with Gasteiger partial charge in [0.05, 0.1) is 16.4 Å². The lowest BCUT2D eigenvalue weighted by Crippen LogP contribution is -2.14. The molecule has 0 aliphatic carbocycles. The van der Waals surface area contributed by atoms with Gasteiger partial charge in [0.25, 0.3) is 5.91 Å². The van der Waals surface area contributed by atoms with Crippen LogP contribution < -0.4 is 5.32 Å². The molecule has 0 saturated carbocycles. The highest BCUT2D eigenvalue weighted by atomic mass is 35.5. The molecule has 4 nitrogen and oxygen atoms in total. The third-order valence-electron chi connectivity index (χ3n) is 3.89. The van der Waals surface area contributed by atoms with Crippen molar-refractivity contribution < 1.29 is 9.21 Å². The number of rotatable bonds is 2. The molecule has 5 heteroatoms. The van der Waals surface area contributed by atoms with Gasteiger partial charge in [-0.2, -0.15) is 0 Å². The first-order chi connectivity index (χ1) is 10.9. The summed E-state index contributed by atoms with van der Waals surface area (Å²) in [6, 6.07) is 7.41. The molecule has 1 N–H and O–H groups in total. The molecule has 0 atom stereocenters. The quantitative estimate of drug-likeness (QED) is 0.722. The van der Waals surface area contributed by atoms with Crippen LogP contribution in [0.4, 0.5) is 5.69 Å². The van der Waals surface area contributed by atoms with Gasteiger partial charge in [0.15, 0.2) is 11.3 Å². The number of nitrogens with zero attached hydrogens (tertiary/aromatic N) is 1. The summed E-state index contributed by atoms with van der Waals surface area (Å²) in [6.45, 7) is 7.60. The zero-order valence-corrected chi connectivity index (χ0v) is 14.2. The molecule has 3 rings (SSSR count). The van der Waals surface area contributed by atoms with Gasteiger partial charge in [-0.15, -0.1) is 0 Å². The molecular formula is C18H17ClN2O2. The smallest absolute Gasteiger partial charge is 0.291 e. The van der Waals surface area contributed by atoms with Crippen LogP contribution in [0.2, 0.25) is 5.02 Å². The highest BCUT2D eigenvalue weighted by Gasteiger charge is 2.20. The number of halogens is 1. The van der Waals surface area contributed by atoms with Gasteiger partial charge in [-0.25, -0.2) is 0 Å². The Morgan fingerprint density at radius 1 is 1.22 bits per heavy atom. The van der Waals surface area contributed by atoms with Gasteiger partial charge in [0.1, 0.15) is 0 Å². The van der Waals surface area contributed by atoms with Crippen molar-refractivity contribution in [2.24, 2.45) is 0 Å². The van der Waals surface area contributed by atoms with E-state index in [-0.39, 0.29) is 11.7 Å². The van der Waals surface area contributed by atoms with Crippen LogP contribution in [0.1, 0.15) is 33.1 Å². The Hall–Kier alpha value is -2.33. The summed E-state index contributed by atoms with van der Waals surface area (Å²) in [6.07, 6.45) is 0. The molecular weight excluding hydrogens is 312 g/mol. The Morgan fingerprint density at radius 2 is 1.96 bits per heavy atom. The summed E-state index contributed by atoms with van der Waals surface area (Å²) in [5, 5.41) is 4.24. The molecule has 0 saturated heterocycles. The van der Waals surface area contributed by atoms with E-state index in [4.69, 9.17) is 16.0 Å². The van der Waals surface area contributed by atoms with Crippen LogP contribution in [0.25, 0.3) is 11.0 Å². The molecule has 2 heterocycles. The van der Waals surface area contributed by atoms with Gasteiger partial charge in [-0.05, 0) is 45.4 Å². The monoisotopic (exact) mass is 328 g/mol. The number of aryl methyl sites for hydroxylation is 4. The Kier molecular flexibility index (Phi) is 3.86. The summed E-state index contributed by atoms with van der Waals surface area (Å²) in [5.41, 5.74) is 4.69. The molecule has 2 aromatic heterocycles. The van der Waals surface area contributed by atoms with Crippen LogP contribution in [0, 0.1) is 27.7 Å². The predicted octanol–water partition coefficient (Wildman–Crippen LogP) is 4.97. The molecule has 0 aliphatic heterocycles. The van der Waals surface area contributed by atoms with E-state index in [0.29, 0.717) is 16.3 Å². The van der Waals surface area contributed by atoms with E-state index in [1.54, 1.807) is 6.07 Å². The Balaban J connectivity index is 2.02. The van der Waals surface area contributed by atoms with Crippen LogP contribution in [-0.2, 0) is 0 Å². The first kappa shape index (κ1) is 15.6. The zero-order valence-electron chi connectivity index (χ0n) is 13.5. The van der Waals surface area contributed by atoms with Gasteiger partial charge < -0.3 is 9.73 Å². The topological polar surface area (TPSA) is 55.1 Å². The third kappa shape index (κ3) is 2.70. The third-order valence-corrected chi connectivity index (χ3v) is 4.18. The second-order valence-corrected chi connectivity index (χ2v) is 6.07. The molecule has 0 fully saturated rings. The number of fused-ring (bicyclic) bond motifs is 1. The van der Waals surface area contributed by atoms with Crippen LogP contribution in [0.5, 0.6) is 0 Å². The van der Waals surface area contributed by atoms with Crippen LogP contribution >= 0.6 is 11.6 Å². The van der Waals surface area contributed by atoms with Gasteiger partial charge >= 0.3 is 0 Å². The number of hydrogen-bond acceptors (Lipinski definition) is 3. The molecule has 0 aliphatic rings. The fraction of sp³-hybridized carbons (Fsp3) is 0.222. The highest BCUT2D eigenvalue weighted by Crippen LogP contribution is 2.31. The molecule has 0 radical (unpaired) electrons. The van der Waals surface area contributed by atoms with Crippen molar-refractivity contribution in [2.45, 2.75) is 27.7 Å². The summed E-state index contributed by atoms with van der Waals surface area (Å²) in [5.74, 6) is -0.0286. The van der Waals surface area contributed by atoms with E-state index in [9.17, 15) is 4.79 Å². The largest absolute Gasteiger partial charge is 0.449 e. The van der Waals surface area contributed by atoms with E-state index in [0.717, 1.165) is 27.9 Å². The van der Waals surface area contributed by atoms with Crippen molar-refractivity contribution in [3.05, 3.63) is 57.6 Å². The van der Waals surface area contributed by atoms with Crippen molar-refractivity contribution in [3.63, 3.8) is 0 Å². The molecule has 0 unspecified atom stereocenters. The van der Waals surface area contributed by atoms with Crippen molar-refractivity contribution in [2.75, 3.05) is 5.32 Å². The molecule has 0 spiro atoms. The first-order valence-electron chi connectivity index (χ1n) is 7.32. The van der Waals surface area contributed by atoms with Gasteiger partial charge in [0, 0.05) is 16.6 Å². The lowest BCUT2D eigenvalue weighted by atomic mass is 10.1. The standard InChI is InChI=1S/C18H17ClN2O2/c1-9-8-10(2)20-12(4)15(9)21-18(22)16-11(3)13-6-5-7-14(19)17(13)23-16/h5-8H,1-4H3,(H,21,22). The summed E-state index contributed by atoms with van der Waals surface area (Å²) >= 11 is 6.14. The summed E-state index contributed by atoms with van der Waals surface area (Å²) in [7, 11) is 0. The summed E-state index contributed by atoms with van der Waals surface area (Å²) in [4.78, 5) is 17.0. The van der Waals surface area contributed by atoms with Crippen molar-refractivity contribution >= 4 is 34.2 Å². The number of carbonyl (C=O) groups excluding carboxylic acids is 1. The number of para-hydroxylation sites is 1. The van der Waals surface area contributed by atoms with Crippen molar-refractivity contribution in [1.29, 1.82) is 0 Å². The maximum atomic E-state index is 12.6. The molecule has 1 aromatic carbocycles. The summed E-state index contributed by atoms with van der Waals surface area (Å²) < 4.78 is 5.70. The van der Waals surface area contributed by atoms with E-state index in [1.807, 2.05) is 45.9 Å². The lowest BCUT2D eigenvalue weighted by Gasteiger charge is -2.11. The normalized spacial score (nSPS) is 11.0. The second kappa shape index (κ2) is 5.70. The molecule has 0 bridgehead atoms. The van der Waals surface area contributed by atoms with Gasteiger partial charge in [-0.1, -0.05) is 23.7 Å². The fourth-order valence-electron chi connectivity index (χ4n) is 2.81. The number of amides is 1. The number of pyridine rings is 1. The number of carbonyl (C=O) groups is 1. The maximum Gasteiger partial charge on any atom is 0.291 e. The van der Waals surface area contributed by atoms with E-state index in [1.165, 1.54) is 0 Å².